The summed E-state index contributed by atoms with van der Waals surface area (Å²) in [6.07, 6.45) is -3.93. The molecule has 1 aromatic rings. The molecule has 0 bridgehead atoms. The van der Waals surface area contributed by atoms with Crippen molar-refractivity contribution in [3.05, 3.63) is 29.8 Å². The van der Waals surface area contributed by atoms with Gasteiger partial charge in [-0.1, -0.05) is 6.07 Å². The van der Waals surface area contributed by atoms with Crippen LogP contribution in [0.3, 0.4) is 0 Å². The molecule has 1 heterocycles. The lowest BCUT2D eigenvalue weighted by molar-refractivity contribution is -0.274. The molecule has 1 amide bonds. The van der Waals surface area contributed by atoms with Gasteiger partial charge in [0.25, 0.3) is 5.91 Å². The van der Waals surface area contributed by atoms with E-state index in [4.69, 9.17) is 0 Å². The van der Waals surface area contributed by atoms with Gasteiger partial charge in [-0.3, -0.25) is 4.79 Å². The molecule has 0 saturated carbocycles. The van der Waals surface area contributed by atoms with E-state index < -0.39 is 6.36 Å². The van der Waals surface area contributed by atoms with Crippen LogP contribution in [0.5, 0.6) is 5.75 Å². The van der Waals surface area contributed by atoms with Gasteiger partial charge in [0, 0.05) is 25.2 Å². The Morgan fingerprint density at radius 2 is 2.05 bits per heavy atom. The number of ether oxygens (including phenoxy) is 1. The van der Waals surface area contributed by atoms with E-state index >= 15 is 0 Å². The van der Waals surface area contributed by atoms with Crippen LogP contribution in [-0.2, 0) is 0 Å². The van der Waals surface area contributed by atoms with Crippen LogP contribution >= 0.6 is 0 Å². The number of hydrogen-bond acceptors (Lipinski definition) is 3. The number of benzene rings is 1. The Morgan fingerprint density at radius 1 is 1.25 bits per heavy atom. The molecule has 1 aromatic carbocycles. The molecule has 0 spiro atoms. The number of halogens is 3. The van der Waals surface area contributed by atoms with Crippen LogP contribution in [0, 0.1) is 0 Å². The van der Waals surface area contributed by atoms with Gasteiger partial charge in [-0.25, -0.2) is 0 Å². The van der Waals surface area contributed by atoms with Gasteiger partial charge >= 0.3 is 6.36 Å². The summed E-state index contributed by atoms with van der Waals surface area (Å²) in [4.78, 5) is 13.9. The van der Waals surface area contributed by atoms with Crippen molar-refractivity contribution in [2.45, 2.75) is 12.8 Å². The van der Waals surface area contributed by atoms with Gasteiger partial charge < -0.3 is 15.0 Å². The van der Waals surface area contributed by atoms with E-state index in [1.165, 1.54) is 18.2 Å². The maximum Gasteiger partial charge on any atom is 0.573 e. The summed E-state index contributed by atoms with van der Waals surface area (Å²) in [6.45, 7) is 2.66. The Hall–Kier alpha value is -1.76. The van der Waals surface area contributed by atoms with E-state index in [1.54, 1.807) is 4.90 Å². The Labute approximate surface area is 114 Å². The van der Waals surface area contributed by atoms with Gasteiger partial charge in [-0.05, 0) is 31.2 Å². The molecule has 1 fully saturated rings. The van der Waals surface area contributed by atoms with Gasteiger partial charge in [0.05, 0.1) is 0 Å². The summed E-state index contributed by atoms with van der Waals surface area (Å²) >= 11 is 0. The second kappa shape index (κ2) is 6.13. The molecule has 0 atom stereocenters. The highest BCUT2D eigenvalue weighted by molar-refractivity contribution is 5.94. The first-order valence-electron chi connectivity index (χ1n) is 6.31. The van der Waals surface area contributed by atoms with Gasteiger partial charge in [0.2, 0.25) is 0 Å². The monoisotopic (exact) mass is 288 g/mol. The lowest BCUT2D eigenvalue weighted by Crippen LogP contribution is -2.34. The van der Waals surface area contributed by atoms with Crippen LogP contribution < -0.4 is 10.1 Å². The molecule has 1 saturated heterocycles. The molecule has 0 aromatic heterocycles. The van der Waals surface area contributed by atoms with Crippen molar-refractivity contribution in [1.29, 1.82) is 0 Å². The largest absolute Gasteiger partial charge is 0.573 e. The molecular weight excluding hydrogens is 273 g/mol. The molecule has 0 aliphatic carbocycles. The van der Waals surface area contributed by atoms with Crippen LogP contribution in [-0.4, -0.2) is 43.3 Å². The van der Waals surface area contributed by atoms with Crippen LogP contribution in [0.4, 0.5) is 13.2 Å². The zero-order valence-corrected chi connectivity index (χ0v) is 10.7. The highest BCUT2D eigenvalue weighted by Gasteiger charge is 2.31. The number of carbonyl (C=O) groups excluding carboxylic acids is 1. The van der Waals surface area contributed by atoms with Gasteiger partial charge in [-0.2, -0.15) is 0 Å². The number of nitrogens with one attached hydrogen (secondary N) is 1. The minimum absolute atomic E-state index is 0.202. The van der Waals surface area contributed by atoms with E-state index in [1.807, 2.05) is 0 Å². The Morgan fingerprint density at radius 3 is 2.80 bits per heavy atom. The summed E-state index contributed by atoms with van der Waals surface area (Å²) < 4.78 is 40.3. The lowest BCUT2D eigenvalue weighted by atomic mass is 10.2. The average molecular weight is 288 g/mol. The van der Waals surface area contributed by atoms with Gasteiger partial charge in [-0.15, -0.1) is 13.2 Å². The van der Waals surface area contributed by atoms with Crippen LogP contribution in [0.2, 0.25) is 0 Å². The zero-order chi connectivity index (χ0) is 14.6. The number of nitrogens with zero attached hydrogens (tertiary/aromatic N) is 1. The summed E-state index contributed by atoms with van der Waals surface area (Å²) in [5.41, 5.74) is 0.202. The number of carbonyl (C=O) groups is 1. The first kappa shape index (κ1) is 14.6. The Balaban J connectivity index is 2.11. The normalized spacial score (nSPS) is 16.6. The zero-order valence-electron chi connectivity index (χ0n) is 10.7. The number of amides is 1. The maximum absolute atomic E-state index is 12.2. The molecule has 1 aliphatic rings. The third-order valence-corrected chi connectivity index (χ3v) is 2.94. The summed E-state index contributed by atoms with van der Waals surface area (Å²) in [6, 6.07) is 5.16. The van der Waals surface area contributed by atoms with Crippen molar-refractivity contribution in [2.75, 3.05) is 26.2 Å². The topological polar surface area (TPSA) is 41.6 Å². The second-order valence-corrected chi connectivity index (χ2v) is 4.47. The van der Waals surface area contributed by atoms with E-state index in [-0.39, 0.29) is 17.2 Å². The molecule has 0 unspecified atom stereocenters. The highest BCUT2D eigenvalue weighted by atomic mass is 19.4. The first-order valence-corrected chi connectivity index (χ1v) is 6.31. The minimum Gasteiger partial charge on any atom is -0.406 e. The van der Waals surface area contributed by atoms with Crippen molar-refractivity contribution >= 4 is 5.91 Å². The SMILES string of the molecule is O=C(c1cccc(OC(F)(F)F)c1)N1CCCNCC1. The third-order valence-electron chi connectivity index (χ3n) is 2.94. The van der Waals surface area contributed by atoms with Gasteiger partial charge in [0.15, 0.2) is 0 Å². The molecule has 7 heteroatoms. The Bertz CT molecular complexity index is 469. The van der Waals surface area contributed by atoms with Crippen molar-refractivity contribution in [3.8, 4) is 5.75 Å². The van der Waals surface area contributed by atoms with E-state index in [0.29, 0.717) is 19.6 Å². The molecular formula is C13H15F3N2O2. The third kappa shape index (κ3) is 4.12. The summed E-state index contributed by atoms with van der Waals surface area (Å²) in [7, 11) is 0. The van der Waals surface area contributed by atoms with Crippen LogP contribution in [0.25, 0.3) is 0 Å². The average Bonchev–Trinajstić information content (AvgIpc) is 2.65. The van der Waals surface area contributed by atoms with Crippen LogP contribution in [0.1, 0.15) is 16.8 Å². The highest BCUT2D eigenvalue weighted by Crippen LogP contribution is 2.23. The number of hydrogen-bond donors (Lipinski definition) is 1. The number of rotatable bonds is 2. The van der Waals surface area contributed by atoms with Crippen molar-refractivity contribution in [3.63, 3.8) is 0 Å². The molecule has 110 valence electrons. The second-order valence-electron chi connectivity index (χ2n) is 4.47. The van der Waals surface area contributed by atoms with E-state index in [0.717, 1.165) is 19.0 Å². The molecule has 1 N–H and O–H groups in total. The lowest BCUT2D eigenvalue weighted by Gasteiger charge is -2.20. The fourth-order valence-corrected chi connectivity index (χ4v) is 2.06. The van der Waals surface area contributed by atoms with Crippen molar-refractivity contribution in [2.24, 2.45) is 0 Å². The number of alkyl halides is 3. The minimum atomic E-state index is -4.76. The molecule has 2 rings (SSSR count). The fraction of sp³-hybridized carbons (Fsp3) is 0.462. The predicted octanol–water partition coefficient (Wildman–Crippen LogP) is 2.02. The molecule has 1 aliphatic heterocycles. The summed E-state index contributed by atoms with van der Waals surface area (Å²) in [5, 5.41) is 3.16. The maximum atomic E-state index is 12.2. The molecule has 0 radical (unpaired) electrons. The summed E-state index contributed by atoms with van der Waals surface area (Å²) in [5.74, 6) is -0.655. The van der Waals surface area contributed by atoms with Crippen LogP contribution in [0.15, 0.2) is 24.3 Å². The van der Waals surface area contributed by atoms with E-state index in [2.05, 4.69) is 10.1 Å². The first-order chi connectivity index (χ1) is 9.46. The quantitative estimate of drug-likeness (QED) is 0.905. The van der Waals surface area contributed by atoms with Crippen molar-refractivity contribution < 1.29 is 22.7 Å². The molecule has 20 heavy (non-hydrogen) atoms. The fourth-order valence-electron chi connectivity index (χ4n) is 2.06. The van der Waals surface area contributed by atoms with Crippen molar-refractivity contribution in [1.82, 2.24) is 10.2 Å². The Kier molecular flexibility index (Phi) is 4.49. The van der Waals surface area contributed by atoms with Gasteiger partial charge in [0.1, 0.15) is 5.75 Å². The predicted molar refractivity (Wildman–Crippen MR) is 66.5 cm³/mol. The molecule has 4 nitrogen and oxygen atoms in total. The standard InChI is InChI=1S/C13H15F3N2O2/c14-13(15,16)20-11-4-1-3-10(9-11)12(19)18-7-2-5-17-6-8-18/h1,3-4,9,17H,2,5-8H2. The van der Waals surface area contributed by atoms with E-state index in [9.17, 15) is 18.0 Å². The smallest absolute Gasteiger partial charge is 0.406 e.